The normalized spacial score (nSPS) is 12.6. The predicted octanol–water partition coefficient (Wildman–Crippen LogP) is 11.7. The average Bonchev–Trinajstić information content (AvgIpc) is 4.33. The minimum atomic E-state index is -4.28. The number of hydrogen-bond donors (Lipinski definition) is 0. The minimum Gasteiger partial charge on any atom is -0.493 e. The summed E-state index contributed by atoms with van der Waals surface area (Å²) < 4.78 is 53.8. The van der Waals surface area contributed by atoms with Crippen LogP contribution in [0.5, 0.6) is 17.2 Å². The van der Waals surface area contributed by atoms with Gasteiger partial charge in [-0.25, -0.2) is 15.0 Å². The number of aromatic nitrogens is 6. The molecule has 0 unspecified atom stereocenters. The highest BCUT2D eigenvalue weighted by atomic mass is 32.2. The van der Waals surface area contributed by atoms with Crippen molar-refractivity contribution in [1.29, 1.82) is 0 Å². The Bertz CT molecular complexity index is 3660. The Hall–Kier alpha value is -9.90. The number of aliphatic imine (C=N–C) groups is 3. The zero-order valence-corrected chi connectivity index (χ0v) is 43.2. The predicted molar refractivity (Wildman–Crippen MR) is 301 cm³/mol. The molecule has 0 amide bonds. The van der Waals surface area contributed by atoms with E-state index in [1.807, 2.05) is 153 Å². The van der Waals surface area contributed by atoms with Gasteiger partial charge in [-0.2, -0.15) is 8.42 Å². The van der Waals surface area contributed by atoms with Crippen LogP contribution in [0.4, 0.5) is 17.1 Å². The number of aryl methyl sites for hydroxylation is 1. The van der Waals surface area contributed by atoms with E-state index in [4.69, 9.17) is 33.4 Å². The van der Waals surface area contributed by atoms with Crippen LogP contribution >= 0.6 is 0 Å². The molecule has 6 aromatic heterocycles. The van der Waals surface area contributed by atoms with Crippen LogP contribution < -0.4 is 14.2 Å². The van der Waals surface area contributed by atoms with Crippen molar-refractivity contribution in [1.82, 2.24) is 29.9 Å². The van der Waals surface area contributed by atoms with Gasteiger partial charge in [0.25, 0.3) is 10.1 Å². The molecule has 3 aliphatic carbocycles. The molecule has 0 radical (unpaired) electrons. The van der Waals surface area contributed by atoms with E-state index in [1.54, 1.807) is 49.3 Å². The van der Waals surface area contributed by atoms with Crippen molar-refractivity contribution < 1.29 is 26.8 Å². The Balaban J connectivity index is 0.810. The van der Waals surface area contributed by atoms with Crippen LogP contribution in [-0.4, -0.2) is 81.9 Å². The lowest BCUT2D eigenvalue weighted by molar-refractivity contribution is -0.00169. The number of hydrogen-bond acceptors (Lipinski definition) is 15. The lowest BCUT2D eigenvalue weighted by Gasteiger charge is -2.32. The van der Waals surface area contributed by atoms with E-state index in [-0.39, 0.29) is 31.3 Å². The van der Waals surface area contributed by atoms with Crippen LogP contribution in [0.2, 0.25) is 0 Å². The molecular formula is C63H45N9O6S. The summed E-state index contributed by atoms with van der Waals surface area (Å²) in [4.78, 5) is 42.7. The van der Waals surface area contributed by atoms with Gasteiger partial charge in [-0.05, 0) is 165 Å². The third-order valence-electron chi connectivity index (χ3n) is 13.7. The monoisotopic (exact) mass is 1060 g/mol. The molecule has 0 spiro atoms. The van der Waals surface area contributed by atoms with Gasteiger partial charge < -0.3 is 14.2 Å². The van der Waals surface area contributed by atoms with Crippen molar-refractivity contribution in [2.45, 2.75) is 11.8 Å². The van der Waals surface area contributed by atoms with Crippen molar-refractivity contribution in [3.05, 3.63) is 246 Å². The fourth-order valence-electron chi connectivity index (χ4n) is 9.68. The van der Waals surface area contributed by atoms with E-state index in [9.17, 15) is 8.42 Å². The van der Waals surface area contributed by atoms with Crippen LogP contribution in [0.1, 0.15) is 38.9 Å². The van der Waals surface area contributed by atoms with Crippen LogP contribution in [0.25, 0.3) is 34.2 Å². The number of rotatable bonds is 16. The fraction of sp³-hybridized carbons (Fsp3) is 0.0952. The number of fused-ring (bicyclic) bond motifs is 9. The van der Waals surface area contributed by atoms with Gasteiger partial charge in [0.2, 0.25) is 0 Å². The van der Waals surface area contributed by atoms with E-state index in [1.165, 1.54) is 12.1 Å². The van der Waals surface area contributed by atoms with Crippen molar-refractivity contribution >= 4 is 44.3 Å². The van der Waals surface area contributed by atoms with E-state index in [0.29, 0.717) is 34.3 Å². The number of nitrogens with zero attached hydrogens (tertiary/aromatic N) is 9. The largest absolute Gasteiger partial charge is 0.493 e. The van der Waals surface area contributed by atoms with Gasteiger partial charge >= 0.3 is 0 Å². The molecule has 0 saturated heterocycles. The molecule has 0 fully saturated rings. The van der Waals surface area contributed by atoms with Crippen molar-refractivity contribution in [2.75, 3.05) is 26.4 Å². The standard InChI is InChI=1S/C63H45N9O6S/c1-40-14-28-47(29-15-40)79(73,74)78-39-63(36-75-44-22-16-41(17-23-44)70-54-48-8-2-30-64-57(48)58-49(54)9-3-31-65-58,37-76-45-24-18-42(19-25-45)71-55-50-10-4-32-66-59(50)60-51(55)11-5-33-67-60)38-77-46-26-20-43(21-27-46)72-56-52-12-6-34-68-61(52)62-53(56)13-7-35-69-62/h2-35H,36-39H2,1H3. The van der Waals surface area contributed by atoms with Gasteiger partial charge in [-0.1, -0.05) is 17.7 Å². The highest BCUT2D eigenvalue weighted by molar-refractivity contribution is 7.86. The lowest BCUT2D eigenvalue weighted by atomic mass is 9.92. The summed E-state index contributed by atoms with van der Waals surface area (Å²) in [7, 11) is -4.28. The highest BCUT2D eigenvalue weighted by Gasteiger charge is 2.38. The van der Waals surface area contributed by atoms with Crippen molar-refractivity contribution in [2.24, 2.45) is 20.4 Å². The first kappa shape index (κ1) is 48.7. The molecule has 16 heteroatoms. The number of benzene rings is 4. The average molecular weight is 1060 g/mol. The Labute approximate surface area is 455 Å². The number of pyridine rings is 6. The Kier molecular flexibility index (Phi) is 12.7. The number of ether oxygens (including phenoxy) is 3. The highest BCUT2D eigenvalue weighted by Crippen LogP contribution is 2.39. The molecular weight excluding hydrogens is 1010 g/mol. The first-order chi connectivity index (χ1) is 38.7. The molecule has 0 N–H and O–H groups in total. The van der Waals surface area contributed by atoms with E-state index in [2.05, 4.69) is 29.9 Å². The molecule has 0 saturated carbocycles. The second-order valence-corrected chi connectivity index (χ2v) is 20.8. The summed E-state index contributed by atoms with van der Waals surface area (Å²) in [5, 5.41) is 0. The minimum absolute atomic E-state index is 0.0126. The zero-order valence-electron chi connectivity index (χ0n) is 42.3. The Morgan fingerprint density at radius 2 is 0.646 bits per heavy atom. The third-order valence-corrected chi connectivity index (χ3v) is 15.0. The van der Waals surface area contributed by atoms with E-state index >= 15 is 0 Å². The fourth-order valence-corrected chi connectivity index (χ4v) is 10.7. The molecule has 79 heavy (non-hydrogen) atoms. The van der Waals surface area contributed by atoms with E-state index in [0.717, 1.165) is 90.2 Å². The maximum absolute atomic E-state index is 14.0. The van der Waals surface area contributed by atoms with Crippen LogP contribution in [0.3, 0.4) is 0 Å². The molecule has 0 aliphatic heterocycles. The summed E-state index contributed by atoms with van der Waals surface area (Å²) >= 11 is 0. The molecule has 13 rings (SSSR count). The Morgan fingerprint density at radius 3 is 0.924 bits per heavy atom. The van der Waals surface area contributed by atoms with Crippen molar-refractivity contribution in [3.63, 3.8) is 0 Å². The maximum atomic E-state index is 14.0. The molecule has 0 bridgehead atoms. The summed E-state index contributed by atoms with van der Waals surface area (Å²) in [5.74, 6) is 1.49. The second-order valence-electron chi connectivity index (χ2n) is 19.2. The topological polar surface area (TPSA) is 185 Å². The summed E-state index contributed by atoms with van der Waals surface area (Å²) in [6.45, 7) is 1.22. The summed E-state index contributed by atoms with van der Waals surface area (Å²) in [6.07, 6.45) is 10.5. The summed E-state index contributed by atoms with van der Waals surface area (Å²) in [6, 6.07) is 51.9. The van der Waals surface area contributed by atoms with Gasteiger partial charge in [0.1, 0.15) is 37.1 Å². The quantitative estimate of drug-likeness (QED) is 0.0835. The first-order valence-electron chi connectivity index (χ1n) is 25.4. The third kappa shape index (κ3) is 9.70. The smallest absolute Gasteiger partial charge is 0.296 e. The van der Waals surface area contributed by atoms with Crippen LogP contribution in [0.15, 0.2) is 227 Å². The molecule has 10 aromatic rings. The molecule has 384 valence electrons. The van der Waals surface area contributed by atoms with Gasteiger partial charge in [0, 0.05) is 70.6 Å². The molecule has 4 aromatic carbocycles. The second kappa shape index (κ2) is 20.6. The lowest BCUT2D eigenvalue weighted by Crippen LogP contribution is -2.45. The zero-order chi connectivity index (χ0) is 53.3. The molecule has 0 atom stereocenters. The summed E-state index contributed by atoms with van der Waals surface area (Å²) in [5.41, 5.74) is 14.1. The van der Waals surface area contributed by atoms with Gasteiger partial charge in [0.05, 0.1) is 85.3 Å². The van der Waals surface area contributed by atoms with Crippen LogP contribution in [0, 0.1) is 12.3 Å². The molecule has 15 nitrogen and oxygen atoms in total. The van der Waals surface area contributed by atoms with E-state index < -0.39 is 15.5 Å². The first-order valence-corrected chi connectivity index (χ1v) is 26.8. The maximum Gasteiger partial charge on any atom is 0.296 e. The van der Waals surface area contributed by atoms with Crippen molar-refractivity contribution in [3.8, 4) is 51.4 Å². The molecule has 3 aliphatic rings. The van der Waals surface area contributed by atoms with Gasteiger partial charge in [-0.15, -0.1) is 0 Å². The van der Waals surface area contributed by atoms with Gasteiger partial charge in [-0.3, -0.25) is 34.1 Å². The van der Waals surface area contributed by atoms with Gasteiger partial charge in [0.15, 0.2) is 0 Å². The van der Waals surface area contributed by atoms with Crippen LogP contribution in [-0.2, 0) is 14.3 Å². The Morgan fingerprint density at radius 1 is 0.367 bits per heavy atom. The SMILES string of the molecule is Cc1ccc(S(=O)(=O)OCC(COc2ccc(N=C3c4cccnc4-c4ncccc43)cc2)(COc2ccc(N=C3c4cccnc4-c4ncccc43)cc2)COc2ccc(N=C3c4cccnc4-c4ncccc43)cc2)cc1. The molecule has 6 heterocycles.